The fourth-order valence-electron chi connectivity index (χ4n) is 3.53. The van der Waals surface area contributed by atoms with Gasteiger partial charge in [-0.2, -0.15) is 0 Å². The van der Waals surface area contributed by atoms with Crippen LogP contribution in [0.4, 0.5) is 5.69 Å². The predicted octanol–water partition coefficient (Wildman–Crippen LogP) is 3.69. The molecular weight excluding hydrogens is 320 g/mol. The average molecular weight is 342 g/mol. The Balaban J connectivity index is 1.99. The maximum atomic E-state index is 6.28. The van der Waals surface area contributed by atoms with Gasteiger partial charge in [0.05, 0.1) is 0 Å². The summed E-state index contributed by atoms with van der Waals surface area (Å²) in [6.07, 6.45) is 3.71. The molecule has 1 aliphatic heterocycles. The predicted molar refractivity (Wildman–Crippen MR) is 107 cm³/mol. The van der Waals surface area contributed by atoms with Crippen molar-refractivity contribution >= 4 is 17.8 Å². The van der Waals surface area contributed by atoms with Crippen LogP contribution in [-0.2, 0) is 0 Å². The summed E-state index contributed by atoms with van der Waals surface area (Å²) in [4.78, 5) is 6.63. The number of aromatic nitrogens is 1. The van der Waals surface area contributed by atoms with Crippen molar-refractivity contribution in [3.05, 3.63) is 82.5 Å². The molecule has 0 N–H and O–H groups in total. The number of pyridine rings is 1. The smallest absolute Gasteiger partial charge is 0.137 e. The number of hydrogen-bond donors (Lipinski definition) is 0. The first kappa shape index (κ1) is 16.4. The topological polar surface area (TPSA) is 25.4 Å². The van der Waals surface area contributed by atoms with Gasteiger partial charge in [0.15, 0.2) is 0 Å². The first-order chi connectivity index (χ1) is 12.7. The van der Waals surface area contributed by atoms with Crippen molar-refractivity contribution in [2.45, 2.75) is 13.8 Å². The molecule has 0 atom stereocenters. The molecule has 0 aliphatic carbocycles. The maximum absolute atomic E-state index is 6.28. The van der Waals surface area contributed by atoms with Gasteiger partial charge in [0.25, 0.3) is 0 Å². The summed E-state index contributed by atoms with van der Waals surface area (Å²) in [5.74, 6) is 1.73. The number of benzene rings is 2. The van der Waals surface area contributed by atoms with Gasteiger partial charge in [-0.1, -0.05) is 24.8 Å². The Kier molecular flexibility index (Phi) is 4.21. The second kappa shape index (κ2) is 6.68. The van der Waals surface area contributed by atoms with E-state index in [-0.39, 0.29) is 0 Å². The maximum Gasteiger partial charge on any atom is 0.137 e. The van der Waals surface area contributed by atoms with Gasteiger partial charge < -0.3 is 9.64 Å². The quantitative estimate of drug-likeness (QED) is 0.566. The van der Waals surface area contributed by atoms with E-state index in [4.69, 9.17) is 4.74 Å². The highest BCUT2D eigenvalue weighted by atomic mass is 16.5. The number of ether oxygens (including phenoxy) is 1. The van der Waals surface area contributed by atoms with E-state index in [0.717, 1.165) is 51.7 Å². The largest absolute Gasteiger partial charge is 0.456 e. The molecular formula is C23H22N2O. The van der Waals surface area contributed by atoms with E-state index in [1.165, 1.54) is 5.69 Å². The Morgan fingerprint density at radius 3 is 2.58 bits per heavy atom. The molecule has 0 amide bonds. The number of anilines is 1. The molecule has 0 radical (unpaired) electrons. The average Bonchev–Trinajstić information content (AvgIpc) is 2.67. The van der Waals surface area contributed by atoms with E-state index in [1.54, 1.807) is 6.20 Å². The fraction of sp³-hybridized carbons (Fsp3) is 0.174. The third kappa shape index (κ3) is 2.76. The highest BCUT2D eigenvalue weighted by Crippen LogP contribution is 2.37. The van der Waals surface area contributed by atoms with Gasteiger partial charge in [0.2, 0.25) is 0 Å². The zero-order valence-electron chi connectivity index (χ0n) is 15.2. The molecule has 2 heterocycles. The van der Waals surface area contributed by atoms with E-state index in [9.17, 15) is 0 Å². The third-order valence-corrected chi connectivity index (χ3v) is 4.85. The Bertz CT molecular complexity index is 1050. The van der Waals surface area contributed by atoms with Crippen molar-refractivity contribution in [1.82, 2.24) is 4.98 Å². The van der Waals surface area contributed by atoms with Crippen LogP contribution in [0.25, 0.3) is 12.2 Å². The summed E-state index contributed by atoms with van der Waals surface area (Å²) in [6, 6.07) is 16.6. The Morgan fingerprint density at radius 2 is 1.85 bits per heavy atom. The van der Waals surface area contributed by atoms with E-state index in [0.29, 0.717) is 0 Å². The lowest BCUT2D eigenvalue weighted by atomic mass is 9.93. The van der Waals surface area contributed by atoms with Crippen LogP contribution in [0.1, 0.15) is 25.0 Å². The molecule has 0 saturated heterocycles. The number of hydrogen-bond acceptors (Lipinski definition) is 3. The third-order valence-electron chi connectivity index (χ3n) is 4.85. The molecule has 2 aromatic carbocycles. The molecule has 3 aromatic rings. The van der Waals surface area contributed by atoms with E-state index < -0.39 is 0 Å². The van der Waals surface area contributed by atoms with Crippen LogP contribution in [0, 0.1) is 0 Å². The van der Waals surface area contributed by atoms with Crippen LogP contribution in [-0.4, -0.2) is 18.1 Å². The van der Waals surface area contributed by atoms with Gasteiger partial charge in [-0.15, -0.1) is 0 Å². The van der Waals surface area contributed by atoms with Crippen molar-refractivity contribution in [3.63, 3.8) is 0 Å². The Hall–Kier alpha value is -3.07. The second-order valence-corrected chi connectivity index (χ2v) is 6.40. The van der Waals surface area contributed by atoms with Crippen LogP contribution in [0.3, 0.4) is 0 Å². The van der Waals surface area contributed by atoms with Gasteiger partial charge >= 0.3 is 0 Å². The number of fused-ring (bicyclic) bond motifs is 2. The van der Waals surface area contributed by atoms with Gasteiger partial charge in [0, 0.05) is 59.2 Å². The minimum Gasteiger partial charge on any atom is -0.456 e. The minimum atomic E-state index is 0.848. The zero-order chi connectivity index (χ0) is 18.1. The molecule has 0 spiro atoms. The van der Waals surface area contributed by atoms with Crippen LogP contribution in [0.2, 0.25) is 0 Å². The van der Waals surface area contributed by atoms with Crippen molar-refractivity contribution in [3.8, 4) is 11.5 Å². The van der Waals surface area contributed by atoms with Gasteiger partial charge in [-0.05, 0) is 43.3 Å². The lowest BCUT2D eigenvalue weighted by molar-refractivity contribution is 0.472. The van der Waals surface area contributed by atoms with E-state index in [1.807, 2.05) is 24.4 Å². The Labute approximate surface area is 153 Å². The number of rotatable bonds is 4. The standard InChI is InChI=1S/C23H22N2O/c1-4-25(5-2)18-9-11-20-22(14-18)26-21-13-16(3)8-10-19(21)23(20)17-7-6-12-24-15-17/h6-15H,3-5H2,1-2H3. The molecule has 3 heteroatoms. The molecule has 0 saturated carbocycles. The molecule has 0 bridgehead atoms. The molecule has 0 fully saturated rings. The van der Waals surface area contributed by atoms with Gasteiger partial charge in [0.1, 0.15) is 11.5 Å². The summed E-state index contributed by atoms with van der Waals surface area (Å²) < 4.78 is 6.28. The Morgan fingerprint density at radius 1 is 1.00 bits per heavy atom. The van der Waals surface area contributed by atoms with Crippen LogP contribution >= 0.6 is 0 Å². The van der Waals surface area contributed by atoms with Crippen molar-refractivity contribution in [2.75, 3.05) is 18.0 Å². The molecule has 0 unspecified atom stereocenters. The highest BCUT2D eigenvalue weighted by Gasteiger charge is 2.21. The SMILES string of the molecule is C=c1ccc2c(c1)Oc1cc(N(CC)CC)ccc1C=2c1cccnc1. The van der Waals surface area contributed by atoms with Crippen LogP contribution < -0.4 is 20.1 Å². The van der Waals surface area contributed by atoms with Crippen LogP contribution in [0.5, 0.6) is 11.5 Å². The van der Waals surface area contributed by atoms with Gasteiger partial charge in [-0.3, -0.25) is 4.98 Å². The summed E-state index contributed by atoms with van der Waals surface area (Å²) in [5, 5.41) is 2.02. The van der Waals surface area contributed by atoms with E-state index >= 15 is 0 Å². The molecule has 26 heavy (non-hydrogen) atoms. The van der Waals surface area contributed by atoms with E-state index in [2.05, 4.69) is 60.6 Å². The second-order valence-electron chi connectivity index (χ2n) is 6.40. The first-order valence-corrected chi connectivity index (χ1v) is 9.02. The molecule has 130 valence electrons. The molecule has 4 rings (SSSR count). The van der Waals surface area contributed by atoms with Gasteiger partial charge in [-0.25, -0.2) is 0 Å². The first-order valence-electron chi connectivity index (χ1n) is 9.02. The molecule has 1 aliphatic rings. The summed E-state index contributed by atoms with van der Waals surface area (Å²) in [6.45, 7) is 10.3. The lowest BCUT2D eigenvalue weighted by Gasteiger charge is -2.25. The normalized spacial score (nSPS) is 12.2. The zero-order valence-corrected chi connectivity index (χ0v) is 15.2. The summed E-state index contributed by atoms with van der Waals surface area (Å²) >= 11 is 0. The summed E-state index contributed by atoms with van der Waals surface area (Å²) in [5.41, 5.74) is 4.51. The molecule has 1 aromatic heterocycles. The summed E-state index contributed by atoms with van der Waals surface area (Å²) in [7, 11) is 0. The van der Waals surface area contributed by atoms with Crippen molar-refractivity contribution in [1.29, 1.82) is 0 Å². The minimum absolute atomic E-state index is 0.848. The van der Waals surface area contributed by atoms with Crippen molar-refractivity contribution in [2.24, 2.45) is 0 Å². The van der Waals surface area contributed by atoms with Crippen LogP contribution in [0.15, 0.2) is 60.9 Å². The number of nitrogens with zero attached hydrogens (tertiary/aromatic N) is 2. The molecule has 3 nitrogen and oxygen atoms in total. The fourth-order valence-corrected chi connectivity index (χ4v) is 3.53. The van der Waals surface area contributed by atoms with Crippen molar-refractivity contribution < 1.29 is 4.74 Å². The lowest BCUT2D eigenvalue weighted by Crippen LogP contribution is -2.23. The monoisotopic (exact) mass is 342 g/mol. The highest BCUT2D eigenvalue weighted by molar-refractivity contribution is 5.85.